The van der Waals surface area contributed by atoms with Crippen molar-refractivity contribution in [2.75, 3.05) is 25.1 Å². The van der Waals surface area contributed by atoms with Crippen LogP contribution in [0.15, 0.2) is 114 Å². The highest BCUT2D eigenvalue weighted by molar-refractivity contribution is 7.86. The minimum Gasteiger partial charge on any atom is -0.492 e. The number of nitrogens with zero attached hydrogens (tertiary/aromatic N) is 3. The van der Waals surface area contributed by atoms with Crippen LogP contribution in [0.2, 0.25) is 0 Å². The second-order valence-corrected chi connectivity index (χ2v) is 14.7. The molecule has 3 N–H and O–H groups in total. The molecule has 11 nitrogen and oxygen atoms in total. The second kappa shape index (κ2) is 15.4. The molecule has 0 spiro atoms. The van der Waals surface area contributed by atoms with Crippen molar-refractivity contribution in [1.29, 1.82) is 0 Å². The Bertz CT molecular complexity index is 1860. The number of carbonyl (C=O) groups is 1. The highest BCUT2D eigenvalue weighted by Gasteiger charge is 2.51. The van der Waals surface area contributed by atoms with E-state index in [0.717, 1.165) is 19.1 Å². The van der Waals surface area contributed by atoms with Crippen molar-refractivity contribution >= 4 is 43.9 Å². The average Bonchev–Trinajstić information content (AvgIpc) is 3.83. The van der Waals surface area contributed by atoms with Gasteiger partial charge >= 0.3 is 0 Å². The number of aliphatic hydroxyl groups excluding tert-OH is 2. The standard InChI is InChI=1S/C34H34N4O7S3/c39-31(36-34-35-16-18-47-34)21-38-29(23-45-27-13-5-2-6-14-27)33(41)32(40)28(22-44-26-11-3-1-4-12-26)37(48(38,42)43)20-24-9-7-10-25(19-24)30-15-8-17-46-30/h1-19,28-29,32-33,40-41H,20-23H2,(H,35,36,39)/t28?,29-,32?,33+/m0/s1. The summed E-state index contributed by atoms with van der Waals surface area (Å²) in [5.41, 5.74) is 1.54. The molecule has 1 aliphatic rings. The number of ether oxygens (including phenoxy) is 2. The molecule has 6 rings (SSSR count). The fourth-order valence-corrected chi connectivity index (χ4v) is 8.65. The van der Waals surface area contributed by atoms with Crippen molar-refractivity contribution in [3.63, 3.8) is 0 Å². The number of thiazole rings is 1. The number of amides is 1. The summed E-state index contributed by atoms with van der Waals surface area (Å²) in [5.74, 6) is 0.224. The smallest absolute Gasteiger partial charge is 0.283 e. The summed E-state index contributed by atoms with van der Waals surface area (Å²) < 4.78 is 43.7. The number of carbonyl (C=O) groups excluding carboxylic acids is 1. The van der Waals surface area contributed by atoms with Crippen LogP contribution < -0.4 is 14.8 Å². The molecule has 1 aliphatic heterocycles. The van der Waals surface area contributed by atoms with Gasteiger partial charge < -0.3 is 25.0 Å². The van der Waals surface area contributed by atoms with Gasteiger partial charge in [-0.3, -0.25) is 4.79 Å². The van der Waals surface area contributed by atoms with Gasteiger partial charge in [0.05, 0.1) is 18.6 Å². The molecule has 0 aliphatic carbocycles. The van der Waals surface area contributed by atoms with Gasteiger partial charge in [0.25, 0.3) is 10.2 Å². The molecule has 0 saturated carbocycles. The van der Waals surface area contributed by atoms with Crippen molar-refractivity contribution in [3.8, 4) is 21.9 Å². The molecule has 0 bridgehead atoms. The first kappa shape index (κ1) is 33.7. The Labute approximate surface area is 286 Å². The molecule has 4 atom stereocenters. The van der Waals surface area contributed by atoms with E-state index in [-0.39, 0.29) is 19.8 Å². The summed E-state index contributed by atoms with van der Waals surface area (Å²) >= 11 is 2.74. The summed E-state index contributed by atoms with van der Waals surface area (Å²) in [6, 6.07) is 26.3. The third-order valence-electron chi connectivity index (χ3n) is 7.85. The number of benzene rings is 3. The molecule has 250 valence electrons. The molecular weight excluding hydrogens is 673 g/mol. The zero-order valence-electron chi connectivity index (χ0n) is 25.6. The van der Waals surface area contributed by atoms with Crippen molar-refractivity contribution in [3.05, 3.63) is 120 Å². The molecule has 5 aromatic rings. The Morgan fingerprint density at radius 2 is 1.44 bits per heavy atom. The van der Waals surface area contributed by atoms with E-state index in [2.05, 4.69) is 10.3 Å². The van der Waals surface area contributed by atoms with Gasteiger partial charge in [-0.15, -0.1) is 22.7 Å². The third kappa shape index (κ3) is 7.93. The number of nitrogens with one attached hydrogen (secondary N) is 1. The zero-order valence-corrected chi connectivity index (χ0v) is 28.1. The van der Waals surface area contributed by atoms with E-state index in [9.17, 15) is 23.4 Å². The summed E-state index contributed by atoms with van der Waals surface area (Å²) in [5, 5.41) is 30.1. The predicted molar refractivity (Wildman–Crippen MR) is 185 cm³/mol. The number of thiophene rings is 1. The summed E-state index contributed by atoms with van der Waals surface area (Å²) in [7, 11) is -4.60. The molecule has 3 aromatic carbocycles. The van der Waals surface area contributed by atoms with Crippen LogP contribution in [0.4, 0.5) is 5.13 Å². The van der Waals surface area contributed by atoms with E-state index in [1.807, 2.05) is 41.8 Å². The number of aromatic nitrogens is 1. The normalized spacial score (nSPS) is 21.3. The van der Waals surface area contributed by atoms with E-state index in [0.29, 0.717) is 22.2 Å². The van der Waals surface area contributed by atoms with Crippen molar-refractivity contribution in [1.82, 2.24) is 13.6 Å². The number of aliphatic hydroxyl groups is 2. The van der Waals surface area contributed by atoms with Gasteiger partial charge in [-0.25, -0.2) is 4.98 Å². The number of anilines is 1. The predicted octanol–water partition coefficient (Wildman–Crippen LogP) is 4.49. The fourth-order valence-electron chi connectivity index (χ4n) is 5.46. The highest BCUT2D eigenvalue weighted by atomic mass is 32.2. The lowest BCUT2D eigenvalue weighted by molar-refractivity contribution is -0.117. The molecule has 0 radical (unpaired) electrons. The topological polar surface area (TPSA) is 142 Å². The average molecular weight is 707 g/mol. The van der Waals surface area contributed by atoms with Crippen molar-refractivity contribution < 1.29 is 32.9 Å². The molecule has 2 aromatic heterocycles. The van der Waals surface area contributed by atoms with Gasteiger partial charge in [0.15, 0.2) is 5.13 Å². The SMILES string of the molecule is O=C(CN1[C@@H](COc2ccccc2)[C@@H](O)C(O)C(COc2ccccc2)N(Cc2cccc(-c3cccs3)c2)S1(=O)=O)Nc1nccs1. The number of hydrogen-bond donors (Lipinski definition) is 3. The minimum absolute atomic E-state index is 0.176. The molecule has 1 amide bonds. The van der Waals surface area contributed by atoms with Crippen LogP contribution in [0.1, 0.15) is 5.56 Å². The molecular formula is C34H34N4O7S3. The Hall–Kier alpha value is -4.15. The third-order valence-corrected chi connectivity index (χ3v) is 11.4. The fraction of sp³-hybridized carbons (Fsp3) is 0.235. The van der Waals surface area contributed by atoms with E-state index >= 15 is 0 Å². The molecule has 48 heavy (non-hydrogen) atoms. The lowest BCUT2D eigenvalue weighted by Gasteiger charge is -2.34. The lowest BCUT2D eigenvalue weighted by atomic mass is 9.99. The first-order valence-electron chi connectivity index (χ1n) is 15.1. The zero-order chi connectivity index (χ0) is 33.5. The van der Waals surface area contributed by atoms with Gasteiger partial charge in [0.2, 0.25) is 5.91 Å². The first-order valence-corrected chi connectivity index (χ1v) is 18.3. The molecule has 3 heterocycles. The summed E-state index contributed by atoms with van der Waals surface area (Å²) in [4.78, 5) is 18.4. The number of para-hydroxylation sites is 2. The van der Waals surface area contributed by atoms with Crippen LogP contribution in [0.25, 0.3) is 10.4 Å². The maximum Gasteiger partial charge on any atom is 0.283 e. The Kier molecular flexibility index (Phi) is 10.8. The Balaban J connectivity index is 1.39. The molecule has 2 unspecified atom stereocenters. The Morgan fingerprint density at radius 3 is 2.02 bits per heavy atom. The summed E-state index contributed by atoms with van der Waals surface area (Å²) in [6.07, 6.45) is -1.77. The van der Waals surface area contributed by atoms with Crippen LogP contribution in [0.3, 0.4) is 0 Å². The van der Waals surface area contributed by atoms with Gasteiger partial charge in [-0.2, -0.15) is 17.0 Å². The highest BCUT2D eigenvalue weighted by Crippen LogP contribution is 2.32. The van der Waals surface area contributed by atoms with Crippen LogP contribution >= 0.6 is 22.7 Å². The van der Waals surface area contributed by atoms with E-state index in [1.165, 1.54) is 17.5 Å². The maximum atomic E-state index is 14.9. The van der Waals surface area contributed by atoms with E-state index < -0.39 is 47.0 Å². The van der Waals surface area contributed by atoms with Crippen molar-refractivity contribution in [2.24, 2.45) is 0 Å². The molecule has 14 heteroatoms. The van der Waals surface area contributed by atoms with E-state index in [4.69, 9.17) is 9.47 Å². The van der Waals surface area contributed by atoms with Crippen LogP contribution in [-0.4, -0.2) is 82.2 Å². The number of rotatable bonds is 12. The quantitative estimate of drug-likeness (QED) is 0.173. The largest absolute Gasteiger partial charge is 0.492 e. The Morgan fingerprint density at radius 1 is 0.792 bits per heavy atom. The molecule has 1 saturated heterocycles. The van der Waals surface area contributed by atoms with Crippen LogP contribution in [-0.2, 0) is 21.5 Å². The second-order valence-electron chi connectivity index (χ2n) is 11.0. The van der Waals surface area contributed by atoms with Gasteiger partial charge in [0.1, 0.15) is 36.9 Å². The van der Waals surface area contributed by atoms with Crippen LogP contribution in [0.5, 0.6) is 11.5 Å². The van der Waals surface area contributed by atoms with E-state index in [1.54, 1.807) is 77.4 Å². The number of hydrogen-bond acceptors (Lipinski definition) is 10. The van der Waals surface area contributed by atoms with Gasteiger partial charge in [0, 0.05) is 23.0 Å². The van der Waals surface area contributed by atoms with Gasteiger partial charge in [-0.1, -0.05) is 60.7 Å². The van der Waals surface area contributed by atoms with Gasteiger partial charge in [-0.05, 0) is 52.9 Å². The first-order chi connectivity index (χ1) is 23.3. The molecule has 1 fully saturated rings. The van der Waals surface area contributed by atoms with Crippen molar-refractivity contribution in [2.45, 2.75) is 30.8 Å². The maximum absolute atomic E-state index is 14.9. The monoisotopic (exact) mass is 706 g/mol. The summed E-state index contributed by atoms with van der Waals surface area (Å²) in [6.45, 7) is -1.48. The van der Waals surface area contributed by atoms with Crippen LogP contribution in [0, 0.1) is 0 Å². The lowest BCUT2D eigenvalue weighted by Crippen LogP contribution is -2.54. The minimum atomic E-state index is -4.60.